The first-order valence-corrected chi connectivity index (χ1v) is 3.42. The third-order valence-electron chi connectivity index (χ3n) is 1.57. The van der Waals surface area contributed by atoms with Crippen LogP contribution in [0.15, 0.2) is 6.20 Å². The molecule has 0 amide bonds. The monoisotopic (exact) mass is 192 g/mol. The molecule has 0 spiro atoms. The van der Waals surface area contributed by atoms with Gasteiger partial charge in [0.2, 0.25) is 0 Å². The SMILES string of the molecule is NCc1cnc(F)c(O)c1C(F)F. The molecule has 72 valence electrons. The lowest BCUT2D eigenvalue weighted by molar-refractivity contribution is 0.144. The predicted molar refractivity (Wildman–Crippen MR) is 38.7 cm³/mol. The highest BCUT2D eigenvalue weighted by Gasteiger charge is 2.20. The lowest BCUT2D eigenvalue weighted by atomic mass is 10.1. The van der Waals surface area contributed by atoms with Crippen molar-refractivity contribution in [2.75, 3.05) is 0 Å². The van der Waals surface area contributed by atoms with Gasteiger partial charge in [0.1, 0.15) is 0 Å². The Labute approximate surface area is 72.0 Å². The minimum absolute atomic E-state index is 0.0612. The number of aromatic hydroxyl groups is 1. The van der Waals surface area contributed by atoms with E-state index in [1.807, 2.05) is 0 Å². The molecule has 0 atom stereocenters. The van der Waals surface area contributed by atoms with Gasteiger partial charge in [0, 0.05) is 12.7 Å². The maximum absolute atomic E-state index is 12.5. The first kappa shape index (κ1) is 9.79. The van der Waals surface area contributed by atoms with Gasteiger partial charge in [0.25, 0.3) is 12.4 Å². The van der Waals surface area contributed by atoms with Gasteiger partial charge in [-0.15, -0.1) is 0 Å². The standard InChI is InChI=1S/C7H7F3N2O/c8-6(9)4-3(1-11)2-12-7(10)5(4)13/h2,6,13H,1,11H2. The van der Waals surface area contributed by atoms with Gasteiger partial charge in [-0.1, -0.05) is 0 Å². The molecule has 0 unspecified atom stereocenters. The van der Waals surface area contributed by atoms with E-state index in [1.165, 1.54) is 0 Å². The summed E-state index contributed by atoms with van der Waals surface area (Å²) >= 11 is 0. The number of alkyl halides is 2. The molecule has 13 heavy (non-hydrogen) atoms. The second-order valence-corrected chi connectivity index (χ2v) is 2.34. The van der Waals surface area contributed by atoms with Gasteiger partial charge < -0.3 is 10.8 Å². The third kappa shape index (κ3) is 1.72. The highest BCUT2D eigenvalue weighted by molar-refractivity contribution is 5.37. The molecule has 0 aliphatic heterocycles. The summed E-state index contributed by atoms with van der Waals surface area (Å²) < 4.78 is 37.0. The van der Waals surface area contributed by atoms with E-state index in [0.29, 0.717) is 0 Å². The van der Waals surface area contributed by atoms with Crippen LogP contribution in [0.1, 0.15) is 17.6 Å². The topological polar surface area (TPSA) is 59.1 Å². The van der Waals surface area contributed by atoms with Crippen molar-refractivity contribution in [2.45, 2.75) is 13.0 Å². The molecule has 0 fully saturated rings. The van der Waals surface area contributed by atoms with E-state index >= 15 is 0 Å². The van der Waals surface area contributed by atoms with Gasteiger partial charge in [-0.25, -0.2) is 13.8 Å². The van der Waals surface area contributed by atoms with Crippen LogP contribution in [0.3, 0.4) is 0 Å². The number of nitrogens with two attached hydrogens (primary N) is 1. The fourth-order valence-corrected chi connectivity index (χ4v) is 0.935. The van der Waals surface area contributed by atoms with E-state index in [2.05, 4.69) is 4.98 Å². The molecule has 1 rings (SSSR count). The summed E-state index contributed by atoms with van der Waals surface area (Å²) in [6.45, 7) is -0.222. The normalized spacial score (nSPS) is 10.8. The summed E-state index contributed by atoms with van der Waals surface area (Å²) in [4.78, 5) is 3.06. The van der Waals surface area contributed by atoms with E-state index in [-0.39, 0.29) is 12.1 Å². The Morgan fingerprint density at radius 2 is 2.15 bits per heavy atom. The van der Waals surface area contributed by atoms with Crippen LogP contribution in [0.5, 0.6) is 5.75 Å². The Balaban J connectivity index is 3.32. The molecular formula is C7H7F3N2O. The summed E-state index contributed by atoms with van der Waals surface area (Å²) in [5, 5.41) is 8.91. The van der Waals surface area contributed by atoms with Crippen molar-refractivity contribution in [3.8, 4) is 5.75 Å². The van der Waals surface area contributed by atoms with Gasteiger partial charge in [0.05, 0.1) is 5.56 Å². The van der Waals surface area contributed by atoms with Crippen molar-refractivity contribution in [1.82, 2.24) is 4.98 Å². The lowest BCUT2D eigenvalue weighted by Crippen LogP contribution is -2.04. The Bertz CT molecular complexity index is 317. The molecule has 0 saturated carbocycles. The molecule has 1 aromatic heterocycles. The molecule has 6 heteroatoms. The molecular weight excluding hydrogens is 185 g/mol. The average molecular weight is 192 g/mol. The first-order chi connectivity index (χ1) is 6.07. The van der Waals surface area contributed by atoms with Crippen LogP contribution in [0.25, 0.3) is 0 Å². The number of hydrogen-bond acceptors (Lipinski definition) is 3. The van der Waals surface area contributed by atoms with Gasteiger partial charge in [-0.3, -0.25) is 0 Å². The molecule has 1 heterocycles. The Morgan fingerprint density at radius 1 is 1.54 bits per heavy atom. The molecule has 0 aromatic carbocycles. The zero-order valence-corrected chi connectivity index (χ0v) is 6.47. The fourth-order valence-electron chi connectivity index (χ4n) is 0.935. The summed E-state index contributed by atoms with van der Waals surface area (Å²) in [5.41, 5.74) is 4.26. The quantitative estimate of drug-likeness (QED) is 0.695. The smallest absolute Gasteiger partial charge is 0.267 e. The van der Waals surface area contributed by atoms with Crippen molar-refractivity contribution in [2.24, 2.45) is 5.73 Å². The summed E-state index contributed by atoms with van der Waals surface area (Å²) in [7, 11) is 0. The fraction of sp³-hybridized carbons (Fsp3) is 0.286. The van der Waals surface area contributed by atoms with Gasteiger partial charge in [-0.05, 0) is 5.56 Å². The molecule has 0 saturated heterocycles. The molecule has 3 N–H and O–H groups in total. The van der Waals surface area contributed by atoms with Crippen molar-refractivity contribution in [3.05, 3.63) is 23.3 Å². The summed E-state index contributed by atoms with van der Waals surface area (Å²) in [5.74, 6) is -2.44. The Hall–Kier alpha value is -1.30. The Morgan fingerprint density at radius 3 is 2.62 bits per heavy atom. The van der Waals surface area contributed by atoms with Crippen LogP contribution < -0.4 is 5.73 Å². The zero-order chi connectivity index (χ0) is 10.0. The van der Waals surface area contributed by atoms with Crippen molar-refractivity contribution >= 4 is 0 Å². The minimum atomic E-state index is -2.96. The second kappa shape index (κ2) is 3.61. The summed E-state index contributed by atoms with van der Waals surface area (Å²) in [6.07, 6.45) is -2.08. The maximum atomic E-state index is 12.5. The predicted octanol–water partition coefficient (Wildman–Crippen LogP) is 1.32. The van der Waals surface area contributed by atoms with Crippen LogP contribution in [-0.2, 0) is 6.54 Å². The van der Waals surface area contributed by atoms with Gasteiger partial charge >= 0.3 is 0 Å². The molecule has 3 nitrogen and oxygen atoms in total. The number of rotatable bonds is 2. The molecule has 1 aromatic rings. The van der Waals surface area contributed by atoms with Crippen LogP contribution in [0, 0.1) is 5.95 Å². The largest absolute Gasteiger partial charge is 0.503 e. The van der Waals surface area contributed by atoms with Crippen LogP contribution in [-0.4, -0.2) is 10.1 Å². The van der Waals surface area contributed by atoms with E-state index in [0.717, 1.165) is 6.20 Å². The van der Waals surface area contributed by atoms with Gasteiger partial charge in [0.15, 0.2) is 5.75 Å². The van der Waals surface area contributed by atoms with Crippen molar-refractivity contribution in [3.63, 3.8) is 0 Å². The number of aromatic nitrogens is 1. The van der Waals surface area contributed by atoms with Crippen LogP contribution in [0.4, 0.5) is 13.2 Å². The maximum Gasteiger partial charge on any atom is 0.267 e. The van der Waals surface area contributed by atoms with E-state index < -0.39 is 23.7 Å². The number of nitrogens with zero attached hydrogens (tertiary/aromatic N) is 1. The van der Waals surface area contributed by atoms with E-state index in [9.17, 15) is 13.2 Å². The van der Waals surface area contributed by atoms with Crippen molar-refractivity contribution in [1.29, 1.82) is 0 Å². The first-order valence-electron chi connectivity index (χ1n) is 3.42. The highest BCUT2D eigenvalue weighted by atomic mass is 19.3. The van der Waals surface area contributed by atoms with E-state index in [1.54, 1.807) is 0 Å². The number of pyridine rings is 1. The lowest BCUT2D eigenvalue weighted by Gasteiger charge is -2.08. The summed E-state index contributed by atoms with van der Waals surface area (Å²) in [6, 6.07) is 0. The second-order valence-electron chi connectivity index (χ2n) is 2.34. The Kier molecular flexibility index (Phi) is 2.72. The van der Waals surface area contributed by atoms with Crippen LogP contribution >= 0.6 is 0 Å². The highest BCUT2D eigenvalue weighted by Crippen LogP contribution is 2.31. The van der Waals surface area contributed by atoms with Gasteiger partial charge in [-0.2, -0.15) is 4.39 Å². The van der Waals surface area contributed by atoms with Crippen molar-refractivity contribution < 1.29 is 18.3 Å². The minimum Gasteiger partial charge on any atom is -0.503 e. The molecule has 0 aliphatic carbocycles. The number of hydrogen-bond donors (Lipinski definition) is 2. The van der Waals surface area contributed by atoms with E-state index in [4.69, 9.17) is 10.8 Å². The molecule has 0 aliphatic rings. The molecule has 0 bridgehead atoms. The van der Waals surface area contributed by atoms with Crippen LogP contribution in [0.2, 0.25) is 0 Å². The zero-order valence-electron chi connectivity index (χ0n) is 6.47. The molecule has 0 radical (unpaired) electrons. The third-order valence-corrected chi connectivity index (χ3v) is 1.57. The number of halogens is 3. The average Bonchev–Trinajstić information content (AvgIpc) is 2.08.